The summed E-state index contributed by atoms with van der Waals surface area (Å²) in [7, 11) is 0. The SMILES string of the molecule is Cc1cc2cccc(C(=O)N3CC[C@@]45O[C@@H](c6ccccc6)CN4C(=O)C[C@@H]35)c2o1. The van der Waals surface area contributed by atoms with Crippen molar-refractivity contribution in [3.8, 4) is 0 Å². The molecule has 0 radical (unpaired) electrons. The number of hydrogen-bond donors (Lipinski definition) is 0. The molecule has 3 saturated heterocycles. The Balaban J connectivity index is 1.34. The van der Waals surface area contributed by atoms with E-state index in [4.69, 9.17) is 9.15 Å². The molecule has 2 amide bonds. The number of carbonyl (C=O) groups is 2. The average Bonchev–Trinajstić information content (AvgIpc) is 3.47. The Kier molecular flexibility index (Phi) is 3.65. The van der Waals surface area contributed by atoms with Gasteiger partial charge >= 0.3 is 0 Å². The molecule has 6 heteroatoms. The normalized spacial score (nSPS) is 27.7. The van der Waals surface area contributed by atoms with Crippen LogP contribution in [0.4, 0.5) is 0 Å². The van der Waals surface area contributed by atoms with Gasteiger partial charge in [-0.2, -0.15) is 0 Å². The Bertz CT molecular complexity index is 1170. The second kappa shape index (κ2) is 6.19. The molecule has 3 fully saturated rings. The highest BCUT2D eigenvalue weighted by Crippen LogP contribution is 2.51. The van der Waals surface area contributed by atoms with E-state index in [0.29, 0.717) is 37.1 Å². The predicted octanol–water partition coefficient (Wildman–Crippen LogP) is 3.66. The number of nitrogens with zero attached hydrogens (tertiary/aromatic N) is 2. The maximum atomic E-state index is 13.5. The number of para-hydroxylation sites is 1. The maximum Gasteiger partial charge on any atom is 0.258 e. The zero-order valence-electron chi connectivity index (χ0n) is 16.7. The van der Waals surface area contributed by atoms with E-state index < -0.39 is 5.72 Å². The summed E-state index contributed by atoms with van der Waals surface area (Å²) in [6.45, 7) is 2.97. The molecule has 152 valence electrons. The first kappa shape index (κ1) is 17.7. The number of ether oxygens (including phenoxy) is 1. The van der Waals surface area contributed by atoms with Crippen LogP contribution in [0.25, 0.3) is 11.0 Å². The molecular weight excluding hydrogens is 380 g/mol. The molecule has 0 bridgehead atoms. The molecule has 3 aliphatic heterocycles. The van der Waals surface area contributed by atoms with Gasteiger partial charge in [0.05, 0.1) is 24.6 Å². The molecule has 30 heavy (non-hydrogen) atoms. The first-order valence-electron chi connectivity index (χ1n) is 10.4. The van der Waals surface area contributed by atoms with E-state index in [2.05, 4.69) is 0 Å². The van der Waals surface area contributed by atoms with Gasteiger partial charge < -0.3 is 19.0 Å². The molecule has 3 aliphatic rings. The zero-order chi connectivity index (χ0) is 20.5. The van der Waals surface area contributed by atoms with Crippen LogP contribution in [-0.4, -0.2) is 46.5 Å². The van der Waals surface area contributed by atoms with E-state index in [-0.39, 0.29) is 24.0 Å². The largest absolute Gasteiger partial charge is 0.461 e. The summed E-state index contributed by atoms with van der Waals surface area (Å²) in [4.78, 5) is 30.1. The summed E-state index contributed by atoms with van der Waals surface area (Å²) < 4.78 is 12.4. The van der Waals surface area contributed by atoms with E-state index in [1.54, 1.807) is 6.07 Å². The van der Waals surface area contributed by atoms with Crippen LogP contribution in [0.3, 0.4) is 0 Å². The molecule has 1 spiro atoms. The van der Waals surface area contributed by atoms with Gasteiger partial charge in [-0.15, -0.1) is 0 Å². The van der Waals surface area contributed by atoms with Gasteiger partial charge in [0.2, 0.25) is 5.91 Å². The fraction of sp³-hybridized carbons (Fsp3) is 0.333. The van der Waals surface area contributed by atoms with E-state index >= 15 is 0 Å². The number of benzene rings is 2. The van der Waals surface area contributed by atoms with Gasteiger partial charge in [-0.05, 0) is 24.6 Å². The molecular formula is C24H22N2O4. The Morgan fingerprint density at radius 1 is 1.13 bits per heavy atom. The Labute approximate surface area is 174 Å². The molecule has 6 rings (SSSR count). The minimum absolute atomic E-state index is 0.0583. The number of likely N-dealkylation sites (tertiary alicyclic amines) is 1. The Morgan fingerprint density at radius 3 is 2.80 bits per heavy atom. The number of amides is 2. The second-order valence-corrected chi connectivity index (χ2v) is 8.42. The summed E-state index contributed by atoms with van der Waals surface area (Å²) in [5, 5.41) is 0.914. The molecule has 3 aromatic rings. The van der Waals surface area contributed by atoms with Crippen LogP contribution in [0.2, 0.25) is 0 Å². The molecule has 3 atom stereocenters. The minimum Gasteiger partial charge on any atom is -0.461 e. The summed E-state index contributed by atoms with van der Waals surface area (Å²) in [5.41, 5.74) is 1.49. The monoisotopic (exact) mass is 402 g/mol. The zero-order valence-corrected chi connectivity index (χ0v) is 16.7. The first-order chi connectivity index (χ1) is 14.6. The lowest BCUT2D eigenvalue weighted by molar-refractivity contribution is -0.138. The molecule has 6 nitrogen and oxygen atoms in total. The van der Waals surface area contributed by atoms with E-state index in [0.717, 1.165) is 16.7 Å². The quantitative estimate of drug-likeness (QED) is 0.656. The third kappa shape index (κ3) is 2.34. The standard InChI is InChI=1S/C24H22N2O4/c1-15-12-17-8-5-9-18(22(17)29-15)23(28)25-11-10-24-20(25)13-21(27)26(24)14-19(30-24)16-6-3-2-4-7-16/h2-9,12,19-20H,10-11,13-14H2,1H3/t19-,20-,24+/m1/s1. The smallest absolute Gasteiger partial charge is 0.258 e. The van der Waals surface area contributed by atoms with Crippen molar-refractivity contribution in [1.29, 1.82) is 0 Å². The predicted molar refractivity (Wildman–Crippen MR) is 110 cm³/mol. The summed E-state index contributed by atoms with van der Waals surface area (Å²) >= 11 is 0. The van der Waals surface area contributed by atoms with Crippen molar-refractivity contribution in [2.75, 3.05) is 13.1 Å². The third-order valence-corrected chi connectivity index (χ3v) is 6.76. The van der Waals surface area contributed by atoms with Gasteiger partial charge in [0.15, 0.2) is 5.72 Å². The van der Waals surface area contributed by atoms with Gasteiger partial charge in [0.25, 0.3) is 5.91 Å². The summed E-state index contributed by atoms with van der Waals surface area (Å²) in [6.07, 6.45) is 0.774. The average molecular weight is 402 g/mol. The lowest BCUT2D eigenvalue weighted by Crippen LogP contribution is -2.48. The minimum atomic E-state index is -0.722. The molecule has 4 heterocycles. The Hall–Kier alpha value is -3.12. The van der Waals surface area contributed by atoms with Crippen LogP contribution < -0.4 is 0 Å². The van der Waals surface area contributed by atoms with E-state index in [1.165, 1.54) is 0 Å². The van der Waals surface area contributed by atoms with Gasteiger partial charge in [0, 0.05) is 18.4 Å². The number of carbonyl (C=O) groups excluding carboxylic acids is 2. The van der Waals surface area contributed by atoms with Crippen LogP contribution in [-0.2, 0) is 9.53 Å². The number of fused-ring (bicyclic) bond motifs is 1. The fourth-order valence-corrected chi connectivity index (χ4v) is 5.42. The van der Waals surface area contributed by atoms with Gasteiger partial charge in [-0.3, -0.25) is 9.59 Å². The highest BCUT2D eigenvalue weighted by Gasteiger charge is 2.65. The highest BCUT2D eigenvalue weighted by molar-refractivity contribution is 6.05. The fourth-order valence-electron chi connectivity index (χ4n) is 5.42. The first-order valence-corrected chi connectivity index (χ1v) is 10.4. The van der Waals surface area contributed by atoms with Crippen LogP contribution in [0.1, 0.15) is 40.6 Å². The van der Waals surface area contributed by atoms with Crippen molar-refractivity contribution in [2.24, 2.45) is 0 Å². The second-order valence-electron chi connectivity index (χ2n) is 8.42. The molecule has 0 unspecified atom stereocenters. The van der Waals surface area contributed by atoms with Crippen LogP contribution >= 0.6 is 0 Å². The number of aryl methyl sites for hydroxylation is 1. The van der Waals surface area contributed by atoms with Crippen molar-refractivity contribution in [2.45, 2.75) is 37.6 Å². The lowest BCUT2D eigenvalue weighted by atomic mass is 10.1. The van der Waals surface area contributed by atoms with Crippen molar-refractivity contribution < 1.29 is 18.7 Å². The van der Waals surface area contributed by atoms with Crippen molar-refractivity contribution in [3.63, 3.8) is 0 Å². The number of furan rings is 1. The molecule has 1 aromatic heterocycles. The highest BCUT2D eigenvalue weighted by atomic mass is 16.5. The van der Waals surface area contributed by atoms with Gasteiger partial charge in [0.1, 0.15) is 17.4 Å². The molecule has 0 saturated carbocycles. The summed E-state index contributed by atoms with van der Waals surface area (Å²) in [5.74, 6) is 0.733. The number of hydrogen-bond acceptors (Lipinski definition) is 4. The van der Waals surface area contributed by atoms with Crippen molar-refractivity contribution in [1.82, 2.24) is 9.80 Å². The molecule has 2 aromatic carbocycles. The topological polar surface area (TPSA) is 63.0 Å². The van der Waals surface area contributed by atoms with Crippen LogP contribution in [0, 0.1) is 6.92 Å². The lowest BCUT2D eigenvalue weighted by Gasteiger charge is -2.32. The van der Waals surface area contributed by atoms with Crippen molar-refractivity contribution in [3.05, 3.63) is 71.5 Å². The van der Waals surface area contributed by atoms with Crippen molar-refractivity contribution >= 4 is 22.8 Å². The Morgan fingerprint density at radius 2 is 1.97 bits per heavy atom. The van der Waals surface area contributed by atoms with E-state index in [1.807, 2.05) is 65.3 Å². The van der Waals surface area contributed by atoms with E-state index in [9.17, 15) is 9.59 Å². The van der Waals surface area contributed by atoms with Crippen LogP contribution in [0.15, 0.2) is 59.0 Å². The van der Waals surface area contributed by atoms with Gasteiger partial charge in [-0.25, -0.2) is 0 Å². The van der Waals surface area contributed by atoms with Crippen LogP contribution in [0.5, 0.6) is 0 Å². The number of rotatable bonds is 2. The molecule has 0 N–H and O–H groups in total. The maximum absolute atomic E-state index is 13.5. The van der Waals surface area contributed by atoms with Gasteiger partial charge in [-0.1, -0.05) is 42.5 Å². The summed E-state index contributed by atoms with van der Waals surface area (Å²) in [6, 6.07) is 17.3. The molecule has 0 aliphatic carbocycles. The third-order valence-electron chi connectivity index (χ3n) is 6.76.